The van der Waals surface area contributed by atoms with Crippen molar-refractivity contribution in [3.63, 3.8) is 0 Å². The molecule has 11 aromatic rings. The fraction of sp³-hybridized carbons (Fsp3) is 0.0678. The Labute approximate surface area is 382 Å². The van der Waals surface area contributed by atoms with Crippen LogP contribution in [0.15, 0.2) is 211 Å². The Kier molecular flexibility index (Phi) is 9.07. The van der Waals surface area contributed by atoms with Gasteiger partial charge < -0.3 is 4.74 Å². The highest BCUT2D eigenvalue weighted by atomic mass is 16.5. The van der Waals surface area contributed by atoms with E-state index in [1.54, 1.807) is 15.3 Å². The summed E-state index contributed by atoms with van der Waals surface area (Å²) in [6.45, 7) is 6.47. The summed E-state index contributed by atoms with van der Waals surface area (Å²) in [6, 6.07) is 68.8. The molecule has 0 atom stereocenters. The molecule has 66 heavy (non-hydrogen) atoms. The second-order valence-electron chi connectivity index (χ2n) is 17.8. The molecule has 0 spiro atoms. The van der Waals surface area contributed by atoms with Crippen LogP contribution < -0.4 is 15.0 Å². The van der Waals surface area contributed by atoms with E-state index >= 15 is 0 Å². The molecule has 8 aromatic carbocycles. The maximum absolute atomic E-state index is 14.5. The van der Waals surface area contributed by atoms with Gasteiger partial charge in [-0.2, -0.15) is 0 Å². The van der Waals surface area contributed by atoms with E-state index in [0.717, 1.165) is 72.6 Å². The van der Waals surface area contributed by atoms with Gasteiger partial charge in [0.15, 0.2) is 0 Å². The smallest absolute Gasteiger partial charge is 0.339 e. The predicted octanol–water partition coefficient (Wildman–Crippen LogP) is 13.3. The molecular formula is C59H43N5O2. The second kappa shape index (κ2) is 15.3. The van der Waals surface area contributed by atoms with Crippen molar-refractivity contribution in [1.82, 2.24) is 18.7 Å². The largest absolute Gasteiger partial charge is 0.458 e. The van der Waals surface area contributed by atoms with Crippen LogP contribution in [0.2, 0.25) is 0 Å². The summed E-state index contributed by atoms with van der Waals surface area (Å²) in [5, 5.41) is 0. The lowest BCUT2D eigenvalue weighted by Gasteiger charge is -2.19. The van der Waals surface area contributed by atoms with Crippen molar-refractivity contribution in [1.29, 1.82) is 0 Å². The van der Waals surface area contributed by atoms with E-state index in [2.05, 4.69) is 158 Å². The van der Waals surface area contributed by atoms with E-state index < -0.39 is 0 Å². The molecule has 7 heteroatoms. The predicted molar refractivity (Wildman–Crippen MR) is 264 cm³/mol. The SMILES string of the molecule is CC(C)(C)c1ccnc(-n2c(=O)n(-c3ccccc3)c3ccc(Oc4cccc(-n5[c-][n+]6c7c(cccc75)-c5ccccc5-c5ccccc5-c5cccc(-c7ccccc7)c5-6)c4)cc32)c1. The molecule has 1 aliphatic heterocycles. The van der Waals surface area contributed by atoms with Gasteiger partial charge in [-0.05, 0) is 110 Å². The number of rotatable bonds is 6. The molecule has 3 aromatic heterocycles. The minimum Gasteiger partial charge on any atom is -0.458 e. The standard InChI is InChI=1S/C59H43N5O2/c1-59(2,3)40-33-34-60-55(35-40)64-54-37-44(31-32-52(54)63(58(64)65)41-19-8-5-9-20-41)66-43-22-14-21-42(36-43)61-38-62-56-45(39-17-6-4-7-18-39)27-15-28-50(56)48-25-12-10-23-46(48)47-24-11-13-26-49(47)51-29-16-30-53(61)57(51)62/h4-37H,1-3H3. The maximum Gasteiger partial charge on any atom is 0.339 e. The van der Waals surface area contributed by atoms with Crippen molar-refractivity contribution in [3.8, 4) is 78.9 Å². The van der Waals surface area contributed by atoms with E-state index in [1.807, 2.05) is 78.9 Å². The van der Waals surface area contributed by atoms with E-state index in [-0.39, 0.29) is 11.1 Å². The number of imidazole rings is 2. The molecule has 316 valence electrons. The Bertz CT molecular complexity index is 3740. The van der Waals surface area contributed by atoms with E-state index in [1.165, 1.54) is 11.1 Å². The highest BCUT2D eigenvalue weighted by molar-refractivity contribution is 6.01. The van der Waals surface area contributed by atoms with Gasteiger partial charge in [-0.25, -0.2) is 14.3 Å². The minimum atomic E-state index is -0.209. The van der Waals surface area contributed by atoms with Crippen molar-refractivity contribution in [3.05, 3.63) is 229 Å². The highest BCUT2D eigenvalue weighted by Crippen LogP contribution is 2.45. The van der Waals surface area contributed by atoms with Gasteiger partial charge in [0.05, 0.1) is 39.1 Å². The van der Waals surface area contributed by atoms with Crippen LogP contribution >= 0.6 is 0 Å². The zero-order valence-electron chi connectivity index (χ0n) is 36.7. The molecule has 0 saturated heterocycles. The van der Waals surface area contributed by atoms with Gasteiger partial charge in [0.2, 0.25) is 0 Å². The molecule has 0 bridgehead atoms. The van der Waals surface area contributed by atoms with Crippen LogP contribution in [-0.2, 0) is 5.41 Å². The van der Waals surface area contributed by atoms with Gasteiger partial charge in [0, 0.05) is 12.3 Å². The number of hydrogen-bond donors (Lipinski definition) is 0. The molecule has 1 aliphatic rings. The zero-order valence-corrected chi connectivity index (χ0v) is 36.7. The molecular weight excluding hydrogens is 811 g/mol. The first-order chi connectivity index (χ1) is 32.3. The average molecular weight is 854 g/mol. The van der Waals surface area contributed by atoms with Gasteiger partial charge in [-0.15, -0.1) is 0 Å². The Balaban J connectivity index is 1.03. The van der Waals surface area contributed by atoms with Crippen LogP contribution in [0.1, 0.15) is 26.3 Å². The van der Waals surface area contributed by atoms with E-state index in [9.17, 15) is 4.79 Å². The Morgan fingerprint density at radius 3 is 1.83 bits per heavy atom. The first kappa shape index (κ1) is 39.1. The maximum atomic E-state index is 14.5. The summed E-state index contributed by atoms with van der Waals surface area (Å²) in [4.78, 5) is 19.2. The van der Waals surface area contributed by atoms with E-state index in [4.69, 9.17) is 9.72 Å². The van der Waals surface area contributed by atoms with Gasteiger partial charge in [0.25, 0.3) is 6.33 Å². The number of aromatic nitrogens is 5. The first-order valence-corrected chi connectivity index (χ1v) is 22.3. The quantitative estimate of drug-likeness (QED) is 0.124. The monoisotopic (exact) mass is 853 g/mol. The van der Waals surface area contributed by atoms with Crippen molar-refractivity contribution in [2.75, 3.05) is 0 Å². The second-order valence-corrected chi connectivity index (χ2v) is 17.8. The number of ether oxygens (including phenoxy) is 1. The van der Waals surface area contributed by atoms with Crippen molar-refractivity contribution < 1.29 is 9.30 Å². The lowest BCUT2D eigenvalue weighted by molar-refractivity contribution is -0.570. The van der Waals surface area contributed by atoms with Gasteiger partial charge in [-0.1, -0.05) is 160 Å². The molecule has 0 N–H and O–H groups in total. The third kappa shape index (κ3) is 6.39. The summed E-state index contributed by atoms with van der Waals surface area (Å²) >= 11 is 0. The molecule has 0 aliphatic carbocycles. The molecule has 12 rings (SSSR count). The molecule has 0 radical (unpaired) electrons. The van der Waals surface area contributed by atoms with Crippen LogP contribution in [-0.4, -0.2) is 18.7 Å². The number of para-hydroxylation sites is 3. The number of nitrogens with zero attached hydrogens (tertiary/aromatic N) is 5. The van der Waals surface area contributed by atoms with Crippen LogP contribution in [0.4, 0.5) is 0 Å². The fourth-order valence-corrected chi connectivity index (χ4v) is 9.60. The van der Waals surface area contributed by atoms with Crippen LogP contribution in [0.5, 0.6) is 11.5 Å². The lowest BCUT2D eigenvalue weighted by atomic mass is 9.88. The summed E-state index contributed by atoms with van der Waals surface area (Å²) in [5.41, 5.74) is 16.0. The Hall–Kier alpha value is -8.55. The molecule has 0 saturated carbocycles. The third-order valence-electron chi connectivity index (χ3n) is 12.7. The summed E-state index contributed by atoms with van der Waals surface area (Å²) < 4.78 is 14.6. The first-order valence-electron chi connectivity index (χ1n) is 22.3. The van der Waals surface area contributed by atoms with Gasteiger partial charge in [0.1, 0.15) is 17.3 Å². The van der Waals surface area contributed by atoms with Gasteiger partial charge in [-0.3, -0.25) is 13.7 Å². The van der Waals surface area contributed by atoms with Crippen LogP contribution in [0, 0.1) is 6.33 Å². The van der Waals surface area contributed by atoms with E-state index in [0.29, 0.717) is 22.8 Å². The highest BCUT2D eigenvalue weighted by Gasteiger charge is 2.27. The Morgan fingerprint density at radius 2 is 1.09 bits per heavy atom. The number of benzene rings is 8. The lowest BCUT2D eigenvalue weighted by Crippen LogP contribution is -2.32. The zero-order chi connectivity index (χ0) is 44.5. The van der Waals surface area contributed by atoms with Crippen molar-refractivity contribution in [2.45, 2.75) is 26.2 Å². The molecule has 0 amide bonds. The summed E-state index contributed by atoms with van der Waals surface area (Å²) in [7, 11) is 0. The van der Waals surface area contributed by atoms with Crippen molar-refractivity contribution >= 4 is 22.1 Å². The number of hydrogen-bond acceptors (Lipinski definition) is 3. The molecule has 7 nitrogen and oxygen atoms in total. The molecule has 0 unspecified atom stereocenters. The third-order valence-corrected chi connectivity index (χ3v) is 12.7. The summed E-state index contributed by atoms with van der Waals surface area (Å²) in [5.74, 6) is 1.78. The number of pyridine rings is 1. The summed E-state index contributed by atoms with van der Waals surface area (Å²) in [6.07, 6.45) is 5.66. The topological polar surface area (TPSA) is 57.9 Å². The average Bonchev–Trinajstić information content (AvgIpc) is 3.89. The Morgan fingerprint density at radius 1 is 0.500 bits per heavy atom. The molecule has 0 fully saturated rings. The van der Waals surface area contributed by atoms with Crippen LogP contribution in [0.3, 0.4) is 0 Å². The fourth-order valence-electron chi connectivity index (χ4n) is 9.60. The van der Waals surface area contributed by atoms with Gasteiger partial charge >= 0.3 is 5.69 Å². The van der Waals surface area contributed by atoms with Crippen molar-refractivity contribution in [2.24, 2.45) is 0 Å². The normalized spacial score (nSPS) is 11.9. The molecule has 4 heterocycles. The van der Waals surface area contributed by atoms with Crippen LogP contribution in [0.25, 0.3) is 89.5 Å². The minimum absolute atomic E-state index is 0.138. The number of fused-ring (bicyclic) bond motifs is 8.